The molecule has 34 heavy (non-hydrogen) atoms. The topological polar surface area (TPSA) is 39.2 Å². The maximum Gasteiger partial charge on any atom is 0.161 e. The molecule has 3 heterocycles. The van der Waals surface area contributed by atoms with E-state index in [-0.39, 0.29) is 5.41 Å². The van der Waals surface area contributed by atoms with E-state index in [4.69, 9.17) is 13.8 Å². The molecule has 0 radical (unpaired) electrons. The fourth-order valence-electron chi connectivity index (χ4n) is 5.25. The van der Waals surface area contributed by atoms with Crippen LogP contribution in [0.15, 0.2) is 75.9 Å². The number of furan rings is 2. The Morgan fingerprint density at radius 3 is 2.47 bits per heavy atom. The number of hydrogen-bond donors (Lipinski definition) is 0. The standard InChI is InChI=1S/C31H29NO2/c1-18(2)14-21-17-33-25-10-11-26-28(27(21)25)23-12-13-32-29(30(23)34-26)20-15-19-8-6-7-9-22(19)24(16-20)31(3,4)5/h6-13,15-18H,14H2,1-5H3. The molecule has 3 nitrogen and oxygen atoms in total. The summed E-state index contributed by atoms with van der Waals surface area (Å²) in [6, 6.07) is 19.2. The predicted molar refractivity (Wildman–Crippen MR) is 141 cm³/mol. The van der Waals surface area contributed by atoms with Gasteiger partial charge < -0.3 is 8.83 Å². The van der Waals surface area contributed by atoms with Crippen molar-refractivity contribution in [1.82, 2.24) is 4.98 Å². The monoisotopic (exact) mass is 447 g/mol. The van der Waals surface area contributed by atoms with Crippen molar-refractivity contribution in [3.8, 4) is 11.3 Å². The molecular formula is C31H29NO2. The SMILES string of the molecule is CC(C)Cc1coc2ccc3oc4c(-c5cc(C(C)(C)C)c6ccccc6c5)nccc4c3c12. The molecule has 0 atom stereocenters. The van der Waals surface area contributed by atoms with Crippen LogP contribution >= 0.6 is 0 Å². The van der Waals surface area contributed by atoms with Crippen molar-refractivity contribution in [2.75, 3.05) is 0 Å². The van der Waals surface area contributed by atoms with Crippen LogP contribution in [0.4, 0.5) is 0 Å². The first-order valence-corrected chi connectivity index (χ1v) is 12.0. The second-order valence-corrected chi connectivity index (χ2v) is 10.8. The molecule has 0 aliphatic carbocycles. The molecule has 0 spiro atoms. The van der Waals surface area contributed by atoms with E-state index in [0.29, 0.717) is 5.92 Å². The summed E-state index contributed by atoms with van der Waals surface area (Å²) < 4.78 is 12.4. The van der Waals surface area contributed by atoms with E-state index >= 15 is 0 Å². The first kappa shape index (κ1) is 21.0. The molecule has 3 aromatic carbocycles. The van der Waals surface area contributed by atoms with Crippen LogP contribution < -0.4 is 0 Å². The van der Waals surface area contributed by atoms with Crippen LogP contribution in [0.3, 0.4) is 0 Å². The molecule has 0 saturated carbocycles. The predicted octanol–water partition coefficient (Wildman–Crippen LogP) is 9.04. The zero-order chi connectivity index (χ0) is 23.6. The summed E-state index contributed by atoms with van der Waals surface area (Å²) in [7, 11) is 0. The number of nitrogens with zero attached hydrogens (tertiary/aromatic N) is 1. The molecule has 0 aliphatic rings. The van der Waals surface area contributed by atoms with Gasteiger partial charge in [-0.25, -0.2) is 0 Å². The number of hydrogen-bond acceptors (Lipinski definition) is 3. The lowest BCUT2D eigenvalue weighted by atomic mass is 9.82. The van der Waals surface area contributed by atoms with Crippen LogP contribution in [0.1, 0.15) is 45.7 Å². The number of pyridine rings is 1. The van der Waals surface area contributed by atoms with Gasteiger partial charge in [-0.1, -0.05) is 58.9 Å². The highest BCUT2D eigenvalue weighted by atomic mass is 16.3. The van der Waals surface area contributed by atoms with Crippen molar-refractivity contribution in [3.05, 3.63) is 78.2 Å². The summed E-state index contributed by atoms with van der Waals surface area (Å²) in [5.41, 5.74) is 7.13. The number of rotatable bonds is 3. The Balaban J connectivity index is 1.67. The van der Waals surface area contributed by atoms with Crippen LogP contribution in [0.2, 0.25) is 0 Å². The van der Waals surface area contributed by atoms with Crippen LogP contribution in [-0.4, -0.2) is 4.98 Å². The van der Waals surface area contributed by atoms with E-state index < -0.39 is 0 Å². The summed E-state index contributed by atoms with van der Waals surface area (Å²) in [6.07, 6.45) is 4.78. The number of benzene rings is 3. The van der Waals surface area contributed by atoms with Gasteiger partial charge >= 0.3 is 0 Å². The van der Waals surface area contributed by atoms with Crippen molar-refractivity contribution in [2.45, 2.75) is 46.5 Å². The number of aromatic nitrogens is 1. The summed E-state index contributed by atoms with van der Waals surface area (Å²) in [5.74, 6) is 0.542. The lowest BCUT2D eigenvalue weighted by molar-refractivity contribution is 0.594. The molecule has 0 N–H and O–H groups in total. The zero-order valence-electron chi connectivity index (χ0n) is 20.4. The van der Waals surface area contributed by atoms with Gasteiger partial charge in [0.2, 0.25) is 0 Å². The number of fused-ring (bicyclic) bond motifs is 6. The molecule has 0 aliphatic heterocycles. The molecule has 3 heteroatoms. The highest BCUT2D eigenvalue weighted by molar-refractivity contribution is 6.20. The Labute approximate surface area is 199 Å². The average Bonchev–Trinajstić information content (AvgIpc) is 3.38. The van der Waals surface area contributed by atoms with Crippen LogP contribution in [0, 0.1) is 5.92 Å². The van der Waals surface area contributed by atoms with Crippen LogP contribution in [0.5, 0.6) is 0 Å². The Morgan fingerprint density at radius 2 is 1.68 bits per heavy atom. The van der Waals surface area contributed by atoms with Crippen molar-refractivity contribution in [2.24, 2.45) is 5.92 Å². The maximum atomic E-state index is 6.51. The summed E-state index contributed by atoms with van der Waals surface area (Å²) in [5, 5.41) is 5.88. The average molecular weight is 448 g/mol. The quantitative estimate of drug-likeness (QED) is 0.272. The van der Waals surface area contributed by atoms with Crippen molar-refractivity contribution < 1.29 is 8.83 Å². The van der Waals surface area contributed by atoms with Crippen molar-refractivity contribution in [1.29, 1.82) is 0 Å². The van der Waals surface area contributed by atoms with E-state index in [1.54, 1.807) is 0 Å². The van der Waals surface area contributed by atoms with Crippen molar-refractivity contribution in [3.63, 3.8) is 0 Å². The van der Waals surface area contributed by atoms with E-state index in [2.05, 4.69) is 77.1 Å². The molecule has 0 unspecified atom stereocenters. The van der Waals surface area contributed by atoms with Gasteiger partial charge in [-0.15, -0.1) is 0 Å². The van der Waals surface area contributed by atoms with E-state index in [1.807, 2.05) is 24.6 Å². The van der Waals surface area contributed by atoms with Crippen LogP contribution in [0.25, 0.3) is 54.9 Å². The highest BCUT2D eigenvalue weighted by Gasteiger charge is 2.22. The van der Waals surface area contributed by atoms with Gasteiger partial charge in [0.15, 0.2) is 5.58 Å². The summed E-state index contributed by atoms with van der Waals surface area (Å²) in [4.78, 5) is 4.82. The van der Waals surface area contributed by atoms with Gasteiger partial charge in [0.1, 0.15) is 16.9 Å². The third-order valence-corrected chi connectivity index (χ3v) is 6.74. The molecule has 6 rings (SSSR count). The molecule has 6 aromatic rings. The van der Waals surface area contributed by atoms with Crippen LogP contribution in [-0.2, 0) is 11.8 Å². The minimum atomic E-state index is 0.00604. The highest BCUT2D eigenvalue weighted by Crippen LogP contribution is 2.42. The zero-order valence-corrected chi connectivity index (χ0v) is 20.4. The van der Waals surface area contributed by atoms with Gasteiger partial charge in [0.25, 0.3) is 0 Å². The first-order chi connectivity index (χ1) is 16.3. The van der Waals surface area contributed by atoms with Gasteiger partial charge in [-0.3, -0.25) is 4.98 Å². The Bertz CT molecular complexity index is 1690. The van der Waals surface area contributed by atoms with Gasteiger partial charge in [-0.2, -0.15) is 0 Å². The molecule has 170 valence electrons. The van der Waals surface area contributed by atoms with E-state index in [1.165, 1.54) is 21.9 Å². The lowest BCUT2D eigenvalue weighted by Gasteiger charge is -2.22. The molecule has 0 amide bonds. The van der Waals surface area contributed by atoms with Gasteiger partial charge in [-0.05, 0) is 70.0 Å². The minimum absolute atomic E-state index is 0.00604. The first-order valence-electron chi connectivity index (χ1n) is 12.0. The molecule has 0 saturated heterocycles. The Hall–Kier alpha value is -3.59. The summed E-state index contributed by atoms with van der Waals surface area (Å²) >= 11 is 0. The van der Waals surface area contributed by atoms with Gasteiger partial charge in [0, 0.05) is 27.9 Å². The van der Waals surface area contributed by atoms with Crippen molar-refractivity contribution >= 4 is 43.7 Å². The third kappa shape index (κ3) is 3.22. The van der Waals surface area contributed by atoms with E-state index in [9.17, 15) is 0 Å². The fourth-order valence-corrected chi connectivity index (χ4v) is 5.25. The second-order valence-electron chi connectivity index (χ2n) is 10.8. The molecule has 0 fully saturated rings. The Morgan fingerprint density at radius 1 is 0.882 bits per heavy atom. The largest absolute Gasteiger partial charge is 0.464 e. The molecule has 0 bridgehead atoms. The second kappa shape index (κ2) is 7.46. The normalized spacial score (nSPS) is 12.6. The minimum Gasteiger partial charge on any atom is -0.464 e. The fraction of sp³-hybridized carbons (Fsp3) is 0.258. The summed E-state index contributed by atoms with van der Waals surface area (Å²) in [6.45, 7) is 11.3. The smallest absolute Gasteiger partial charge is 0.161 e. The molecule has 3 aromatic heterocycles. The molecular weight excluding hydrogens is 418 g/mol. The van der Waals surface area contributed by atoms with E-state index in [0.717, 1.165) is 50.6 Å². The third-order valence-electron chi connectivity index (χ3n) is 6.74. The lowest BCUT2D eigenvalue weighted by Crippen LogP contribution is -2.12. The maximum absolute atomic E-state index is 6.51. The Kier molecular flexibility index (Phi) is 4.60. The van der Waals surface area contributed by atoms with Gasteiger partial charge in [0.05, 0.1) is 6.26 Å².